The van der Waals surface area contributed by atoms with Gasteiger partial charge in [0.05, 0.1) is 25.3 Å². The molecule has 2 aromatic rings. The zero-order valence-electron chi connectivity index (χ0n) is 14.5. The number of thiazole rings is 1. The zero-order valence-corrected chi connectivity index (χ0v) is 15.3. The number of rotatable bonds is 5. The lowest BCUT2D eigenvalue weighted by Crippen LogP contribution is -2.36. The standard InChI is InChI=1S/C18H22N4O2S/c1-13-12-25-18(19-13)11-17(23)21-20-14(2)15-3-5-16(6-4-15)22-7-9-24-10-8-22/h3-6,12H,7-11H2,1-2H3,(H,21,23)/b20-14-. The van der Waals surface area contributed by atoms with Gasteiger partial charge in [0.2, 0.25) is 5.91 Å². The van der Waals surface area contributed by atoms with Gasteiger partial charge in [-0.3, -0.25) is 4.79 Å². The number of nitrogens with one attached hydrogen (secondary N) is 1. The highest BCUT2D eigenvalue weighted by atomic mass is 32.1. The Morgan fingerprint density at radius 3 is 2.68 bits per heavy atom. The van der Waals surface area contributed by atoms with E-state index in [1.54, 1.807) is 0 Å². The molecule has 1 saturated heterocycles. The number of aryl methyl sites for hydroxylation is 1. The van der Waals surface area contributed by atoms with Gasteiger partial charge in [-0.25, -0.2) is 10.4 Å². The molecule has 0 bridgehead atoms. The summed E-state index contributed by atoms with van der Waals surface area (Å²) in [6.45, 7) is 7.18. The van der Waals surface area contributed by atoms with Crippen LogP contribution < -0.4 is 10.3 Å². The molecule has 7 heteroatoms. The Kier molecular flexibility index (Phi) is 5.78. The molecule has 0 atom stereocenters. The van der Waals surface area contributed by atoms with Gasteiger partial charge in [0.15, 0.2) is 0 Å². The van der Waals surface area contributed by atoms with Crippen LogP contribution in [-0.2, 0) is 16.0 Å². The Labute approximate surface area is 151 Å². The minimum atomic E-state index is -0.154. The smallest absolute Gasteiger partial charge is 0.246 e. The normalized spacial score (nSPS) is 15.3. The molecular formula is C18H22N4O2S. The zero-order chi connectivity index (χ0) is 17.6. The average Bonchev–Trinajstić information content (AvgIpc) is 3.05. The minimum absolute atomic E-state index is 0.154. The van der Waals surface area contributed by atoms with E-state index in [4.69, 9.17) is 4.74 Å². The van der Waals surface area contributed by atoms with Gasteiger partial charge >= 0.3 is 0 Å². The van der Waals surface area contributed by atoms with Gasteiger partial charge in [-0.05, 0) is 31.5 Å². The molecule has 1 aromatic carbocycles. The van der Waals surface area contributed by atoms with Gasteiger partial charge in [0.25, 0.3) is 0 Å². The van der Waals surface area contributed by atoms with Crippen molar-refractivity contribution in [3.8, 4) is 0 Å². The molecule has 1 N–H and O–H groups in total. The summed E-state index contributed by atoms with van der Waals surface area (Å²) in [5, 5.41) is 6.94. The number of morpholine rings is 1. The topological polar surface area (TPSA) is 66.8 Å². The number of carbonyl (C=O) groups excluding carboxylic acids is 1. The highest BCUT2D eigenvalue weighted by molar-refractivity contribution is 7.09. The maximum Gasteiger partial charge on any atom is 0.246 e. The summed E-state index contributed by atoms with van der Waals surface area (Å²) in [7, 11) is 0. The first-order chi connectivity index (χ1) is 12.1. The van der Waals surface area contributed by atoms with Crippen molar-refractivity contribution in [3.05, 3.63) is 45.9 Å². The van der Waals surface area contributed by atoms with Gasteiger partial charge in [0, 0.05) is 29.9 Å². The number of nitrogens with zero attached hydrogens (tertiary/aromatic N) is 3. The maximum absolute atomic E-state index is 11.9. The SMILES string of the molecule is C/C(=N/NC(=O)Cc1nc(C)cs1)c1ccc(N2CCOCC2)cc1. The van der Waals surface area contributed by atoms with Crippen molar-refractivity contribution >= 4 is 28.6 Å². The van der Waals surface area contributed by atoms with E-state index >= 15 is 0 Å². The van der Waals surface area contributed by atoms with Crippen molar-refractivity contribution in [1.82, 2.24) is 10.4 Å². The van der Waals surface area contributed by atoms with Crippen LogP contribution in [0.15, 0.2) is 34.7 Å². The fraction of sp³-hybridized carbons (Fsp3) is 0.389. The molecule has 0 radical (unpaired) electrons. The summed E-state index contributed by atoms with van der Waals surface area (Å²) >= 11 is 1.49. The molecule has 0 unspecified atom stereocenters. The van der Waals surface area contributed by atoms with Crippen LogP contribution >= 0.6 is 11.3 Å². The molecule has 1 aliphatic rings. The molecule has 0 aliphatic carbocycles. The molecule has 2 heterocycles. The molecule has 0 saturated carbocycles. The van der Waals surface area contributed by atoms with Crippen molar-refractivity contribution < 1.29 is 9.53 Å². The molecule has 0 spiro atoms. The fourth-order valence-corrected chi connectivity index (χ4v) is 3.38. The number of hydrazone groups is 1. The van der Waals surface area contributed by atoms with Crippen molar-refractivity contribution in [2.75, 3.05) is 31.2 Å². The van der Waals surface area contributed by atoms with Crippen LogP contribution in [0.5, 0.6) is 0 Å². The number of carbonyl (C=O) groups is 1. The van der Waals surface area contributed by atoms with E-state index in [1.807, 2.05) is 31.4 Å². The first-order valence-electron chi connectivity index (χ1n) is 8.29. The van der Waals surface area contributed by atoms with E-state index in [9.17, 15) is 4.79 Å². The van der Waals surface area contributed by atoms with Gasteiger partial charge in [-0.2, -0.15) is 5.10 Å². The van der Waals surface area contributed by atoms with E-state index in [0.29, 0.717) is 0 Å². The summed E-state index contributed by atoms with van der Waals surface area (Å²) in [6.07, 6.45) is 0.255. The first kappa shape index (κ1) is 17.6. The summed E-state index contributed by atoms with van der Waals surface area (Å²) in [5.74, 6) is -0.154. The first-order valence-corrected chi connectivity index (χ1v) is 9.17. The third-order valence-corrected chi connectivity index (χ3v) is 4.95. The molecule has 3 rings (SSSR count). The van der Waals surface area contributed by atoms with E-state index < -0.39 is 0 Å². The van der Waals surface area contributed by atoms with Crippen LogP contribution in [0.3, 0.4) is 0 Å². The number of ether oxygens (including phenoxy) is 1. The highest BCUT2D eigenvalue weighted by Gasteiger charge is 2.11. The van der Waals surface area contributed by atoms with Gasteiger partial charge < -0.3 is 9.64 Å². The predicted molar refractivity (Wildman–Crippen MR) is 100 cm³/mol. The number of hydrogen-bond acceptors (Lipinski definition) is 6. The average molecular weight is 358 g/mol. The summed E-state index contributed by atoms with van der Waals surface area (Å²) < 4.78 is 5.38. The van der Waals surface area contributed by atoms with E-state index in [1.165, 1.54) is 17.0 Å². The van der Waals surface area contributed by atoms with E-state index in [0.717, 1.165) is 48.3 Å². The molecule has 6 nitrogen and oxygen atoms in total. The number of anilines is 1. The number of aromatic nitrogens is 1. The van der Waals surface area contributed by atoms with Crippen LogP contribution in [-0.4, -0.2) is 42.9 Å². The third-order valence-electron chi connectivity index (χ3n) is 3.99. The Morgan fingerprint density at radius 2 is 2.04 bits per heavy atom. The Bertz CT molecular complexity index is 749. The Morgan fingerprint density at radius 1 is 1.32 bits per heavy atom. The molecule has 25 heavy (non-hydrogen) atoms. The van der Waals surface area contributed by atoms with E-state index in [2.05, 4.69) is 32.5 Å². The fourth-order valence-electron chi connectivity index (χ4n) is 2.61. The monoisotopic (exact) mass is 358 g/mol. The second-order valence-corrected chi connectivity index (χ2v) is 6.88. The van der Waals surface area contributed by atoms with Crippen molar-refractivity contribution in [3.63, 3.8) is 0 Å². The Hall–Kier alpha value is -2.25. The summed E-state index contributed by atoms with van der Waals surface area (Å²) in [5.41, 5.74) is 6.49. The summed E-state index contributed by atoms with van der Waals surface area (Å²) in [4.78, 5) is 18.5. The highest BCUT2D eigenvalue weighted by Crippen LogP contribution is 2.17. The largest absolute Gasteiger partial charge is 0.378 e. The summed E-state index contributed by atoms with van der Waals surface area (Å²) in [6, 6.07) is 8.22. The molecule has 1 fully saturated rings. The lowest BCUT2D eigenvalue weighted by molar-refractivity contribution is -0.120. The van der Waals surface area contributed by atoms with Crippen molar-refractivity contribution in [1.29, 1.82) is 0 Å². The van der Waals surface area contributed by atoms with Crippen LogP contribution in [0.2, 0.25) is 0 Å². The molecule has 1 amide bonds. The van der Waals surface area contributed by atoms with Gasteiger partial charge in [-0.1, -0.05) is 12.1 Å². The lowest BCUT2D eigenvalue weighted by atomic mass is 10.1. The van der Waals surface area contributed by atoms with Gasteiger partial charge in [0.1, 0.15) is 5.01 Å². The maximum atomic E-state index is 11.9. The molecule has 1 aliphatic heterocycles. The van der Waals surface area contributed by atoms with Crippen LogP contribution in [0, 0.1) is 6.92 Å². The molecular weight excluding hydrogens is 336 g/mol. The second kappa shape index (κ2) is 8.22. The lowest BCUT2D eigenvalue weighted by Gasteiger charge is -2.28. The third kappa shape index (κ3) is 4.87. The van der Waals surface area contributed by atoms with Crippen molar-refractivity contribution in [2.24, 2.45) is 5.10 Å². The predicted octanol–water partition coefficient (Wildman–Crippen LogP) is 2.37. The van der Waals surface area contributed by atoms with Crippen molar-refractivity contribution in [2.45, 2.75) is 20.3 Å². The van der Waals surface area contributed by atoms with Gasteiger partial charge in [-0.15, -0.1) is 11.3 Å². The Balaban J connectivity index is 1.56. The number of benzene rings is 1. The minimum Gasteiger partial charge on any atom is -0.378 e. The van der Waals surface area contributed by atoms with Crippen LogP contribution in [0.25, 0.3) is 0 Å². The van der Waals surface area contributed by atoms with Crippen LogP contribution in [0.4, 0.5) is 5.69 Å². The second-order valence-electron chi connectivity index (χ2n) is 5.94. The van der Waals surface area contributed by atoms with E-state index in [-0.39, 0.29) is 12.3 Å². The number of hydrogen-bond donors (Lipinski definition) is 1. The quantitative estimate of drug-likeness (QED) is 0.658. The molecule has 132 valence electrons. The number of amides is 1. The molecule has 1 aromatic heterocycles. The van der Waals surface area contributed by atoms with Crippen LogP contribution in [0.1, 0.15) is 23.2 Å².